The fourth-order valence-corrected chi connectivity index (χ4v) is 4.22. The first kappa shape index (κ1) is 25.6. The molecule has 3 rings (SSSR count). The molecule has 0 atom stereocenters. The molecule has 0 bridgehead atoms. The first-order valence-corrected chi connectivity index (χ1v) is 11.3. The predicted octanol–water partition coefficient (Wildman–Crippen LogP) is 3.52. The average Bonchev–Trinajstić information content (AvgIpc) is 3.16. The second-order valence-electron chi connectivity index (χ2n) is 8.53. The van der Waals surface area contributed by atoms with Crippen molar-refractivity contribution in [2.24, 2.45) is 4.99 Å². The smallest absolute Gasteiger partial charge is 0.223 e. The first-order chi connectivity index (χ1) is 14.5. The second kappa shape index (κ2) is 13.1. The number of nitrogens with zero attached hydrogens (tertiary/aromatic N) is 3. The Morgan fingerprint density at radius 3 is 2.42 bits per heavy atom. The molecule has 1 amide bonds. The number of likely N-dealkylation sites (tertiary alicyclic amines) is 1. The van der Waals surface area contributed by atoms with Gasteiger partial charge in [-0.3, -0.25) is 14.7 Å². The molecule has 0 spiro atoms. The van der Waals surface area contributed by atoms with E-state index in [4.69, 9.17) is 4.99 Å². The summed E-state index contributed by atoms with van der Waals surface area (Å²) in [5.74, 6) is 1.10. The van der Waals surface area contributed by atoms with Crippen LogP contribution < -0.4 is 10.6 Å². The van der Waals surface area contributed by atoms with Gasteiger partial charge in [0.15, 0.2) is 5.96 Å². The third-order valence-corrected chi connectivity index (χ3v) is 5.78. The number of carbonyl (C=O) groups is 1. The molecule has 1 aromatic carbocycles. The Kier molecular flexibility index (Phi) is 10.8. The van der Waals surface area contributed by atoms with Gasteiger partial charge in [-0.2, -0.15) is 0 Å². The largest absolute Gasteiger partial charge is 0.357 e. The topological polar surface area (TPSA) is 60.0 Å². The summed E-state index contributed by atoms with van der Waals surface area (Å²) in [7, 11) is 0. The van der Waals surface area contributed by atoms with Gasteiger partial charge in [0, 0.05) is 58.3 Å². The quantitative estimate of drug-likeness (QED) is 0.175. The first-order valence-electron chi connectivity index (χ1n) is 11.3. The van der Waals surface area contributed by atoms with Crippen LogP contribution in [0, 0.1) is 0 Å². The van der Waals surface area contributed by atoms with Crippen molar-refractivity contribution in [3.63, 3.8) is 0 Å². The van der Waals surface area contributed by atoms with Crippen molar-refractivity contribution in [3.05, 3.63) is 47.5 Å². The van der Waals surface area contributed by atoms with Crippen molar-refractivity contribution in [3.8, 4) is 0 Å². The fourth-order valence-electron chi connectivity index (χ4n) is 4.22. The second-order valence-corrected chi connectivity index (χ2v) is 8.53. The van der Waals surface area contributed by atoms with E-state index in [1.165, 1.54) is 16.7 Å². The van der Waals surface area contributed by atoms with Gasteiger partial charge < -0.3 is 15.5 Å². The molecule has 2 N–H and O–H groups in total. The molecule has 0 aliphatic carbocycles. The molecule has 2 heterocycles. The van der Waals surface area contributed by atoms with Gasteiger partial charge >= 0.3 is 0 Å². The molecule has 0 unspecified atom stereocenters. The minimum Gasteiger partial charge on any atom is -0.357 e. The van der Waals surface area contributed by atoms with Crippen molar-refractivity contribution < 1.29 is 4.79 Å². The van der Waals surface area contributed by atoms with E-state index in [1.807, 2.05) is 17.0 Å². The van der Waals surface area contributed by atoms with Crippen molar-refractivity contribution in [1.29, 1.82) is 0 Å². The van der Waals surface area contributed by atoms with Gasteiger partial charge in [0.1, 0.15) is 0 Å². The van der Waals surface area contributed by atoms with Crippen LogP contribution in [0.5, 0.6) is 0 Å². The Bertz CT molecular complexity index is 733. The zero-order valence-electron chi connectivity index (χ0n) is 19.0. The summed E-state index contributed by atoms with van der Waals surface area (Å²) in [5, 5.41) is 6.92. The highest BCUT2D eigenvalue weighted by molar-refractivity contribution is 14.0. The SMILES string of the molecule is C=C(C)CN1CCC(NC(=NCCCC(=O)N2Cc3ccccc3C2)NCC)CC1.I. The molecule has 1 fully saturated rings. The molecule has 2 aliphatic heterocycles. The molecule has 2 aliphatic rings. The Hall–Kier alpha value is -1.61. The fraction of sp³-hybridized carbons (Fsp3) is 0.583. The number of guanidine groups is 1. The van der Waals surface area contributed by atoms with Crippen LogP contribution in [0.2, 0.25) is 0 Å². The lowest BCUT2D eigenvalue weighted by Crippen LogP contribution is -2.48. The van der Waals surface area contributed by atoms with Crippen LogP contribution in [0.15, 0.2) is 41.4 Å². The lowest BCUT2D eigenvalue weighted by atomic mass is 10.0. The maximum Gasteiger partial charge on any atom is 0.223 e. The van der Waals surface area contributed by atoms with Crippen LogP contribution in [0.3, 0.4) is 0 Å². The molecular weight excluding hydrogens is 501 g/mol. The van der Waals surface area contributed by atoms with E-state index in [-0.39, 0.29) is 29.9 Å². The van der Waals surface area contributed by atoms with Crippen molar-refractivity contribution in [1.82, 2.24) is 20.4 Å². The molecule has 0 aromatic heterocycles. The highest BCUT2D eigenvalue weighted by Crippen LogP contribution is 2.22. The van der Waals surface area contributed by atoms with Gasteiger partial charge in [-0.1, -0.05) is 36.4 Å². The summed E-state index contributed by atoms with van der Waals surface area (Å²) in [6.45, 7) is 14.4. The van der Waals surface area contributed by atoms with Gasteiger partial charge in [0.25, 0.3) is 0 Å². The van der Waals surface area contributed by atoms with E-state index < -0.39 is 0 Å². The summed E-state index contributed by atoms with van der Waals surface area (Å²) in [5.41, 5.74) is 3.78. The van der Waals surface area contributed by atoms with Crippen LogP contribution in [0.4, 0.5) is 0 Å². The summed E-state index contributed by atoms with van der Waals surface area (Å²) >= 11 is 0. The van der Waals surface area contributed by atoms with Crippen molar-refractivity contribution in [2.75, 3.05) is 32.7 Å². The monoisotopic (exact) mass is 539 g/mol. The number of hydrogen-bond donors (Lipinski definition) is 2. The summed E-state index contributed by atoms with van der Waals surface area (Å²) < 4.78 is 0. The van der Waals surface area contributed by atoms with Crippen molar-refractivity contribution >= 4 is 35.8 Å². The van der Waals surface area contributed by atoms with Crippen LogP contribution in [0.1, 0.15) is 50.7 Å². The van der Waals surface area contributed by atoms with Gasteiger partial charge in [-0.25, -0.2) is 0 Å². The van der Waals surface area contributed by atoms with E-state index >= 15 is 0 Å². The number of aliphatic imine (C=N–C) groups is 1. The Morgan fingerprint density at radius 1 is 1.19 bits per heavy atom. The molecule has 6 nitrogen and oxygen atoms in total. The maximum absolute atomic E-state index is 12.5. The molecule has 0 radical (unpaired) electrons. The van der Waals surface area contributed by atoms with E-state index in [9.17, 15) is 4.79 Å². The number of amides is 1. The molecular formula is C24H38IN5O. The number of fused-ring (bicyclic) bond motifs is 1. The molecule has 1 saturated heterocycles. The minimum absolute atomic E-state index is 0. The van der Waals surface area contributed by atoms with Gasteiger partial charge in [-0.15, -0.1) is 24.0 Å². The number of benzene rings is 1. The Morgan fingerprint density at radius 2 is 1.84 bits per heavy atom. The van der Waals surface area contributed by atoms with Crippen LogP contribution in [-0.2, 0) is 17.9 Å². The zero-order chi connectivity index (χ0) is 21.3. The highest BCUT2D eigenvalue weighted by Gasteiger charge is 2.22. The third-order valence-electron chi connectivity index (χ3n) is 5.78. The number of carbonyl (C=O) groups excluding carboxylic acids is 1. The van der Waals surface area contributed by atoms with Gasteiger partial charge in [0.05, 0.1) is 0 Å². The van der Waals surface area contributed by atoms with Crippen LogP contribution in [-0.4, -0.2) is 60.4 Å². The van der Waals surface area contributed by atoms with Crippen LogP contribution in [0.25, 0.3) is 0 Å². The number of rotatable bonds is 8. The normalized spacial score (nSPS) is 17.1. The Labute approximate surface area is 204 Å². The molecule has 172 valence electrons. The lowest BCUT2D eigenvalue weighted by molar-refractivity contribution is -0.131. The number of hydrogen-bond acceptors (Lipinski definition) is 3. The summed E-state index contributed by atoms with van der Waals surface area (Å²) in [6.07, 6.45) is 3.56. The van der Waals surface area contributed by atoms with Crippen molar-refractivity contribution in [2.45, 2.75) is 58.7 Å². The standard InChI is InChI=1S/C24H37N5O.HI/c1-4-25-24(27-22-11-14-28(15-12-22)16-19(2)3)26-13-7-10-23(30)29-17-20-8-5-6-9-21(20)18-29;/h5-6,8-9,22H,2,4,7,10-18H2,1,3H3,(H2,25,26,27);1H. The highest BCUT2D eigenvalue weighted by atomic mass is 127. The van der Waals surface area contributed by atoms with E-state index in [0.29, 0.717) is 19.0 Å². The molecule has 7 heteroatoms. The minimum atomic E-state index is 0. The third kappa shape index (κ3) is 8.11. The van der Waals surface area contributed by atoms with E-state index in [1.54, 1.807) is 0 Å². The molecule has 0 saturated carbocycles. The van der Waals surface area contributed by atoms with Gasteiger partial charge in [-0.05, 0) is 44.2 Å². The Balaban J connectivity index is 0.00000341. The van der Waals surface area contributed by atoms with E-state index in [2.05, 4.69) is 48.1 Å². The van der Waals surface area contributed by atoms with E-state index in [0.717, 1.165) is 64.5 Å². The molecule has 31 heavy (non-hydrogen) atoms. The summed E-state index contributed by atoms with van der Waals surface area (Å²) in [4.78, 5) is 21.7. The zero-order valence-corrected chi connectivity index (χ0v) is 21.4. The summed E-state index contributed by atoms with van der Waals surface area (Å²) in [6, 6.07) is 8.77. The maximum atomic E-state index is 12.5. The number of nitrogens with one attached hydrogen (secondary N) is 2. The van der Waals surface area contributed by atoms with Gasteiger partial charge in [0.2, 0.25) is 5.91 Å². The van der Waals surface area contributed by atoms with Crippen LogP contribution >= 0.6 is 24.0 Å². The number of piperidine rings is 1. The predicted molar refractivity (Wildman–Crippen MR) is 139 cm³/mol. The average molecular weight is 540 g/mol. The molecule has 1 aromatic rings. The number of halogens is 1. The lowest BCUT2D eigenvalue weighted by Gasteiger charge is -2.33.